The second-order valence-electron chi connectivity index (χ2n) is 5.71. The van der Waals surface area contributed by atoms with Crippen LogP contribution in [0, 0.1) is 5.92 Å². The quantitative estimate of drug-likeness (QED) is 0.654. The van der Waals surface area contributed by atoms with Gasteiger partial charge < -0.3 is 20.2 Å². The summed E-state index contributed by atoms with van der Waals surface area (Å²) in [5.41, 5.74) is -0.764. The van der Waals surface area contributed by atoms with Crippen LogP contribution in [-0.2, 0) is 4.79 Å². The summed E-state index contributed by atoms with van der Waals surface area (Å²) in [5, 5.41) is 28.5. The van der Waals surface area contributed by atoms with Crippen LogP contribution in [0.15, 0.2) is 0 Å². The van der Waals surface area contributed by atoms with E-state index in [1.54, 1.807) is 6.92 Å². The molecule has 1 rings (SSSR count). The topological polar surface area (TPSA) is 81.0 Å². The number of nitrogens with zero attached hydrogens (tertiary/aromatic N) is 1. The van der Waals surface area contributed by atoms with E-state index in [-0.39, 0.29) is 12.0 Å². The molecule has 18 heavy (non-hydrogen) atoms. The van der Waals surface area contributed by atoms with Crippen molar-refractivity contribution in [1.82, 2.24) is 4.90 Å². The molecule has 0 saturated heterocycles. The minimum atomic E-state index is -0.764. The van der Waals surface area contributed by atoms with E-state index in [0.717, 1.165) is 6.54 Å². The summed E-state index contributed by atoms with van der Waals surface area (Å²) in [7, 11) is 1.92. The van der Waals surface area contributed by atoms with Gasteiger partial charge in [0.25, 0.3) is 0 Å². The van der Waals surface area contributed by atoms with Crippen LogP contribution in [0.3, 0.4) is 0 Å². The van der Waals surface area contributed by atoms with Crippen molar-refractivity contribution in [2.75, 3.05) is 20.1 Å². The van der Waals surface area contributed by atoms with E-state index in [2.05, 4.69) is 0 Å². The smallest absolute Gasteiger partial charge is 0.306 e. The SMILES string of the molecule is CC(O)CCN(C)CC1(O)CCC(C(=O)O)CC1. The van der Waals surface area contributed by atoms with Crippen molar-refractivity contribution in [2.24, 2.45) is 5.92 Å². The predicted octanol–water partition coefficient (Wildman–Crippen LogP) is 0.695. The van der Waals surface area contributed by atoms with Crippen molar-refractivity contribution in [3.63, 3.8) is 0 Å². The molecule has 0 aromatic carbocycles. The van der Waals surface area contributed by atoms with Gasteiger partial charge in [-0.1, -0.05) is 0 Å². The number of carbonyl (C=O) groups is 1. The third kappa shape index (κ3) is 4.92. The molecule has 0 amide bonds. The summed E-state index contributed by atoms with van der Waals surface area (Å²) in [4.78, 5) is 12.9. The highest BCUT2D eigenvalue weighted by atomic mass is 16.4. The summed E-state index contributed by atoms with van der Waals surface area (Å²) < 4.78 is 0. The molecule has 5 nitrogen and oxygen atoms in total. The third-order valence-electron chi connectivity index (χ3n) is 3.76. The van der Waals surface area contributed by atoms with E-state index in [0.29, 0.717) is 38.6 Å². The van der Waals surface area contributed by atoms with Gasteiger partial charge in [0.15, 0.2) is 0 Å². The van der Waals surface area contributed by atoms with E-state index in [1.165, 1.54) is 0 Å². The molecule has 1 aliphatic rings. The van der Waals surface area contributed by atoms with Crippen molar-refractivity contribution >= 4 is 5.97 Å². The highest BCUT2D eigenvalue weighted by Crippen LogP contribution is 2.32. The van der Waals surface area contributed by atoms with E-state index in [1.807, 2.05) is 11.9 Å². The summed E-state index contributed by atoms with van der Waals surface area (Å²) in [5.74, 6) is -1.05. The van der Waals surface area contributed by atoms with Crippen LogP contribution in [0.2, 0.25) is 0 Å². The van der Waals surface area contributed by atoms with E-state index >= 15 is 0 Å². The van der Waals surface area contributed by atoms with Crippen LogP contribution >= 0.6 is 0 Å². The maximum Gasteiger partial charge on any atom is 0.306 e. The lowest BCUT2D eigenvalue weighted by Crippen LogP contribution is -2.45. The average Bonchev–Trinajstić information content (AvgIpc) is 2.26. The zero-order valence-corrected chi connectivity index (χ0v) is 11.3. The largest absolute Gasteiger partial charge is 0.481 e. The van der Waals surface area contributed by atoms with Gasteiger partial charge in [-0.05, 0) is 46.1 Å². The van der Waals surface area contributed by atoms with Gasteiger partial charge in [0.2, 0.25) is 0 Å². The van der Waals surface area contributed by atoms with Gasteiger partial charge in [0, 0.05) is 13.1 Å². The highest BCUT2D eigenvalue weighted by Gasteiger charge is 2.36. The Morgan fingerprint density at radius 1 is 1.44 bits per heavy atom. The second kappa shape index (κ2) is 6.50. The Hall–Kier alpha value is -0.650. The number of aliphatic carboxylic acids is 1. The number of hydrogen-bond acceptors (Lipinski definition) is 4. The molecule has 1 unspecified atom stereocenters. The molecule has 0 aliphatic heterocycles. The lowest BCUT2D eigenvalue weighted by molar-refractivity contribution is -0.145. The molecule has 5 heteroatoms. The summed E-state index contributed by atoms with van der Waals surface area (Å²) in [6.07, 6.45) is 2.55. The Balaban J connectivity index is 2.35. The van der Waals surface area contributed by atoms with E-state index in [9.17, 15) is 15.0 Å². The predicted molar refractivity (Wildman–Crippen MR) is 68.3 cm³/mol. The summed E-state index contributed by atoms with van der Waals surface area (Å²) >= 11 is 0. The van der Waals surface area contributed by atoms with Crippen molar-refractivity contribution in [3.8, 4) is 0 Å². The van der Waals surface area contributed by atoms with Crippen molar-refractivity contribution in [1.29, 1.82) is 0 Å². The van der Waals surface area contributed by atoms with Gasteiger partial charge >= 0.3 is 5.97 Å². The third-order valence-corrected chi connectivity index (χ3v) is 3.76. The molecule has 1 saturated carbocycles. The lowest BCUT2D eigenvalue weighted by atomic mass is 9.78. The van der Waals surface area contributed by atoms with Gasteiger partial charge in [-0.25, -0.2) is 0 Å². The number of rotatable bonds is 6. The fourth-order valence-electron chi connectivity index (χ4n) is 2.55. The average molecular weight is 259 g/mol. The van der Waals surface area contributed by atoms with E-state index in [4.69, 9.17) is 5.11 Å². The molecule has 0 spiro atoms. The molecule has 1 atom stereocenters. The maximum absolute atomic E-state index is 10.8. The second-order valence-corrected chi connectivity index (χ2v) is 5.71. The number of aliphatic hydroxyl groups excluding tert-OH is 1. The number of aliphatic hydroxyl groups is 2. The normalized spacial score (nSPS) is 30.4. The van der Waals surface area contributed by atoms with Crippen LogP contribution in [-0.4, -0.2) is 58.0 Å². The Morgan fingerprint density at radius 3 is 2.44 bits per heavy atom. The highest BCUT2D eigenvalue weighted by molar-refractivity contribution is 5.70. The van der Waals surface area contributed by atoms with Crippen molar-refractivity contribution < 1.29 is 20.1 Å². The molecule has 0 aromatic rings. The number of carboxylic acid groups (broad SMARTS) is 1. The molecular formula is C13H25NO4. The van der Waals surface area contributed by atoms with Crippen LogP contribution in [0.25, 0.3) is 0 Å². The molecular weight excluding hydrogens is 234 g/mol. The molecule has 1 fully saturated rings. The van der Waals surface area contributed by atoms with Gasteiger partial charge in [0.1, 0.15) is 0 Å². The first kappa shape index (κ1) is 15.4. The first-order valence-electron chi connectivity index (χ1n) is 6.64. The summed E-state index contributed by atoms with van der Waals surface area (Å²) in [6.45, 7) is 3.04. The zero-order valence-electron chi connectivity index (χ0n) is 11.3. The molecule has 3 N–H and O–H groups in total. The number of likely N-dealkylation sites (N-methyl/N-ethyl adjacent to an activating group) is 1. The van der Waals surface area contributed by atoms with Gasteiger partial charge in [-0.2, -0.15) is 0 Å². The maximum atomic E-state index is 10.8. The Bertz CT molecular complexity index is 272. The van der Waals surface area contributed by atoms with Gasteiger partial charge in [0.05, 0.1) is 17.6 Å². The van der Waals surface area contributed by atoms with Crippen LogP contribution in [0.5, 0.6) is 0 Å². The zero-order chi connectivity index (χ0) is 13.8. The number of carboxylic acids is 1. The van der Waals surface area contributed by atoms with Crippen LogP contribution in [0.1, 0.15) is 39.0 Å². The Kier molecular flexibility index (Phi) is 5.56. The van der Waals surface area contributed by atoms with Crippen molar-refractivity contribution in [3.05, 3.63) is 0 Å². The van der Waals surface area contributed by atoms with Gasteiger partial charge in [-0.15, -0.1) is 0 Å². The molecule has 1 aliphatic carbocycles. The lowest BCUT2D eigenvalue weighted by Gasteiger charge is -2.37. The Labute approximate surface area is 108 Å². The van der Waals surface area contributed by atoms with Crippen LogP contribution in [0.4, 0.5) is 0 Å². The molecule has 0 aromatic heterocycles. The summed E-state index contributed by atoms with van der Waals surface area (Å²) in [6, 6.07) is 0. The van der Waals surface area contributed by atoms with Crippen molar-refractivity contribution in [2.45, 2.75) is 50.7 Å². The monoisotopic (exact) mass is 259 g/mol. The van der Waals surface area contributed by atoms with Gasteiger partial charge in [-0.3, -0.25) is 4.79 Å². The first-order valence-corrected chi connectivity index (χ1v) is 6.64. The first-order chi connectivity index (χ1) is 8.32. The Morgan fingerprint density at radius 2 is 2.00 bits per heavy atom. The minimum Gasteiger partial charge on any atom is -0.481 e. The number of hydrogen-bond donors (Lipinski definition) is 3. The molecule has 0 radical (unpaired) electrons. The molecule has 0 heterocycles. The minimum absolute atomic E-state index is 0.298. The molecule has 0 bridgehead atoms. The fourth-order valence-corrected chi connectivity index (χ4v) is 2.55. The standard InChI is InChI=1S/C13H25NO4/c1-10(15)5-8-14(2)9-13(18)6-3-11(4-7-13)12(16)17/h10-11,15,18H,3-9H2,1-2H3,(H,16,17). The fraction of sp³-hybridized carbons (Fsp3) is 0.923. The van der Waals surface area contributed by atoms with Crippen LogP contribution < -0.4 is 0 Å². The molecule has 106 valence electrons. The van der Waals surface area contributed by atoms with E-state index < -0.39 is 11.6 Å².